The van der Waals surface area contributed by atoms with Crippen molar-refractivity contribution in [2.24, 2.45) is 0 Å². The highest BCUT2D eigenvalue weighted by Crippen LogP contribution is 2.40. The molecule has 5 heteroatoms. The van der Waals surface area contributed by atoms with Gasteiger partial charge in [-0.2, -0.15) is 0 Å². The third-order valence-electron chi connectivity index (χ3n) is 4.66. The largest absolute Gasteiger partial charge is 0.496 e. The zero-order chi connectivity index (χ0) is 16.8. The maximum absolute atomic E-state index is 12.6. The smallest absolute Gasteiger partial charge is 0.255 e. The lowest BCUT2D eigenvalue weighted by molar-refractivity contribution is 0.418. The number of hydrogen-bond acceptors (Lipinski definition) is 4. The minimum atomic E-state index is -0.00229. The van der Waals surface area contributed by atoms with Gasteiger partial charge in [0.05, 0.1) is 12.6 Å². The third kappa shape index (κ3) is 2.24. The van der Waals surface area contributed by atoms with Gasteiger partial charge in [-0.1, -0.05) is 6.07 Å². The summed E-state index contributed by atoms with van der Waals surface area (Å²) in [5.74, 6) is 1.12. The van der Waals surface area contributed by atoms with E-state index in [1.807, 2.05) is 23.6 Å². The summed E-state index contributed by atoms with van der Waals surface area (Å²) in [6, 6.07) is 9.70. The van der Waals surface area contributed by atoms with E-state index >= 15 is 0 Å². The fourth-order valence-electron chi connectivity index (χ4n) is 3.32. The zero-order valence-corrected chi connectivity index (χ0v) is 13.7. The predicted octanol–water partition coefficient (Wildman–Crippen LogP) is 3.30. The van der Waals surface area contributed by atoms with Crippen LogP contribution in [0.2, 0.25) is 0 Å². The fraction of sp³-hybridized carbons (Fsp3) is 0.263. The molecule has 2 aromatic heterocycles. The molecule has 0 saturated heterocycles. The number of aryl methyl sites for hydroxylation is 1. The van der Waals surface area contributed by atoms with Crippen molar-refractivity contribution < 1.29 is 4.74 Å². The monoisotopic (exact) mass is 321 g/mol. The van der Waals surface area contributed by atoms with Crippen LogP contribution >= 0.6 is 0 Å². The molecule has 1 fully saturated rings. The van der Waals surface area contributed by atoms with Crippen LogP contribution in [-0.4, -0.2) is 16.7 Å². The van der Waals surface area contributed by atoms with Crippen molar-refractivity contribution in [2.75, 3.05) is 12.8 Å². The van der Waals surface area contributed by atoms with Gasteiger partial charge in [0.25, 0.3) is 5.56 Å². The number of aromatic nitrogens is 2. The molecule has 0 aliphatic heterocycles. The molecule has 24 heavy (non-hydrogen) atoms. The summed E-state index contributed by atoms with van der Waals surface area (Å²) in [4.78, 5) is 16.8. The number of nitrogens with two attached hydrogens (primary N) is 1. The number of rotatable bonds is 3. The minimum absolute atomic E-state index is 0.00229. The Kier molecular flexibility index (Phi) is 3.30. The lowest BCUT2D eigenvalue weighted by Crippen LogP contribution is -2.19. The normalized spacial score (nSPS) is 14.1. The number of fused-ring (bicyclic) bond motifs is 1. The van der Waals surface area contributed by atoms with Gasteiger partial charge in [-0.25, -0.2) is 4.98 Å². The van der Waals surface area contributed by atoms with Crippen LogP contribution in [0.1, 0.15) is 24.4 Å². The van der Waals surface area contributed by atoms with Gasteiger partial charge in [0, 0.05) is 29.3 Å². The molecular weight excluding hydrogens is 302 g/mol. The third-order valence-corrected chi connectivity index (χ3v) is 4.66. The topological polar surface area (TPSA) is 70.1 Å². The second-order valence-electron chi connectivity index (χ2n) is 6.26. The highest BCUT2D eigenvalue weighted by atomic mass is 16.5. The number of anilines is 1. The molecule has 3 aromatic rings. The SMILES string of the molecule is COc1cc(=O)n(C2CC2)c2c(C)c(-c3ccc(N)nc3)ccc12. The number of hydrogen-bond donors (Lipinski definition) is 1. The maximum Gasteiger partial charge on any atom is 0.255 e. The number of ether oxygens (including phenoxy) is 1. The number of methoxy groups -OCH3 is 1. The molecule has 122 valence electrons. The van der Waals surface area contributed by atoms with Crippen LogP contribution < -0.4 is 16.0 Å². The van der Waals surface area contributed by atoms with Crippen LogP contribution in [0, 0.1) is 6.92 Å². The summed E-state index contributed by atoms with van der Waals surface area (Å²) >= 11 is 0. The average Bonchev–Trinajstić information content (AvgIpc) is 3.40. The first-order valence-corrected chi connectivity index (χ1v) is 8.05. The molecule has 0 spiro atoms. The summed E-state index contributed by atoms with van der Waals surface area (Å²) in [5, 5.41) is 0.966. The first-order chi connectivity index (χ1) is 11.6. The standard InChI is InChI=1S/C19H19N3O2/c1-11-14(12-3-8-17(20)21-10-12)6-7-15-16(24-2)9-18(23)22(19(11)15)13-4-5-13/h3,6-10,13H,4-5H2,1-2H3,(H2,20,21). The van der Waals surface area contributed by atoms with E-state index in [0.29, 0.717) is 17.6 Å². The van der Waals surface area contributed by atoms with Gasteiger partial charge in [0.2, 0.25) is 0 Å². The van der Waals surface area contributed by atoms with E-state index in [0.717, 1.165) is 40.4 Å². The Morgan fingerprint density at radius 1 is 1.25 bits per heavy atom. The van der Waals surface area contributed by atoms with Gasteiger partial charge in [-0.3, -0.25) is 4.79 Å². The van der Waals surface area contributed by atoms with Gasteiger partial charge < -0.3 is 15.0 Å². The molecule has 1 saturated carbocycles. The number of benzene rings is 1. The van der Waals surface area contributed by atoms with E-state index in [9.17, 15) is 4.79 Å². The highest BCUT2D eigenvalue weighted by Gasteiger charge is 2.28. The second kappa shape index (κ2) is 5.37. The van der Waals surface area contributed by atoms with Crippen LogP contribution in [0.3, 0.4) is 0 Å². The lowest BCUT2D eigenvalue weighted by atomic mass is 9.98. The van der Waals surface area contributed by atoms with Crippen LogP contribution in [0.25, 0.3) is 22.0 Å². The van der Waals surface area contributed by atoms with Crippen LogP contribution in [0.15, 0.2) is 41.3 Å². The maximum atomic E-state index is 12.6. The van der Waals surface area contributed by atoms with E-state index in [-0.39, 0.29) is 5.56 Å². The number of pyridine rings is 2. The van der Waals surface area contributed by atoms with E-state index in [2.05, 4.69) is 11.1 Å². The van der Waals surface area contributed by atoms with Crippen molar-refractivity contribution in [1.29, 1.82) is 0 Å². The molecule has 0 bridgehead atoms. The van der Waals surface area contributed by atoms with E-state index in [1.54, 1.807) is 25.4 Å². The van der Waals surface area contributed by atoms with Crippen LogP contribution in [0.4, 0.5) is 5.82 Å². The molecule has 0 amide bonds. The molecule has 1 aliphatic rings. The summed E-state index contributed by atoms with van der Waals surface area (Å²) < 4.78 is 7.36. The van der Waals surface area contributed by atoms with E-state index in [4.69, 9.17) is 10.5 Å². The minimum Gasteiger partial charge on any atom is -0.496 e. The molecule has 2 N–H and O–H groups in total. The summed E-state index contributed by atoms with van der Waals surface area (Å²) in [5.41, 5.74) is 9.74. The van der Waals surface area contributed by atoms with Crippen molar-refractivity contribution in [1.82, 2.24) is 9.55 Å². The number of nitrogens with zero attached hydrogens (tertiary/aromatic N) is 2. The number of nitrogen functional groups attached to an aromatic ring is 1. The van der Waals surface area contributed by atoms with Gasteiger partial charge in [0.15, 0.2) is 0 Å². The molecule has 5 nitrogen and oxygen atoms in total. The Balaban J connectivity index is 2.05. The van der Waals surface area contributed by atoms with Gasteiger partial charge >= 0.3 is 0 Å². The second-order valence-corrected chi connectivity index (χ2v) is 6.26. The molecule has 4 rings (SSSR count). The highest BCUT2D eigenvalue weighted by molar-refractivity contribution is 5.93. The molecule has 2 heterocycles. The molecule has 0 atom stereocenters. The summed E-state index contributed by atoms with van der Waals surface area (Å²) in [7, 11) is 1.60. The Morgan fingerprint density at radius 3 is 2.67 bits per heavy atom. The molecular formula is C19H19N3O2. The zero-order valence-electron chi connectivity index (χ0n) is 13.7. The molecule has 0 unspecified atom stereocenters. The van der Waals surface area contributed by atoms with E-state index < -0.39 is 0 Å². The average molecular weight is 321 g/mol. The Labute approximate surface area is 139 Å². The molecule has 0 radical (unpaired) electrons. The Hall–Kier alpha value is -2.82. The first-order valence-electron chi connectivity index (χ1n) is 8.05. The lowest BCUT2D eigenvalue weighted by Gasteiger charge is -2.17. The fourth-order valence-corrected chi connectivity index (χ4v) is 3.32. The first kappa shape index (κ1) is 14.8. The van der Waals surface area contributed by atoms with E-state index in [1.165, 1.54) is 0 Å². The molecule has 1 aliphatic carbocycles. The van der Waals surface area contributed by atoms with Gasteiger partial charge in [0.1, 0.15) is 11.6 Å². The van der Waals surface area contributed by atoms with Crippen molar-refractivity contribution in [2.45, 2.75) is 25.8 Å². The van der Waals surface area contributed by atoms with Crippen LogP contribution in [-0.2, 0) is 0 Å². The van der Waals surface area contributed by atoms with Crippen molar-refractivity contribution in [3.05, 3.63) is 52.4 Å². The van der Waals surface area contributed by atoms with Gasteiger partial charge in [-0.05, 0) is 49.1 Å². The van der Waals surface area contributed by atoms with Crippen LogP contribution in [0.5, 0.6) is 5.75 Å². The Morgan fingerprint density at radius 2 is 2.04 bits per heavy atom. The summed E-state index contributed by atoms with van der Waals surface area (Å²) in [6.07, 6.45) is 3.87. The van der Waals surface area contributed by atoms with Crippen molar-refractivity contribution in [3.8, 4) is 16.9 Å². The Bertz CT molecular complexity index is 986. The van der Waals surface area contributed by atoms with Crippen molar-refractivity contribution >= 4 is 16.7 Å². The van der Waals surface area contributed by atoms with Crippen molar-refractivity contribution in [3.63, 3.8) is 0 Å². The van der Waals surface area contributed by atoms with Gasteiger partial charge in [-0.15, -0.1) is 0 Å². The quantitative estimate of drug-likeness (QED) is 0.803. The molecule has 1 aromatic carbocycles. The predicted molar refractivity (Wildman–Crippen MR) is 95.4 cm³/mol. The summed E-state index contributed by atoms with van der Waals surface area (Å²) in [6.45, 7) is 2.05.